The van der Waals surface area contributed by atoms with Crippen molar-refractivity contribution in [1.82, 2.24) is 0 Å². The molecule has 10 nitrogen and oxygen atoms in total. The molecule has 0 radical (unpaired) electrons. The molecule has 0 aromatic rings. The van der Waals surface area contributed by atoms with E-state index in [1.807, 2.05) is 0 Å². The molecule has 0 aliphatic carbocycles. The van der Waals surface area contributed by atoms with E-state index >= 15 is 0 Å². The fourth-order valence-electron chi connectivity index (χ4n) is 2.87. The Morgan fingerprint density at radius 3 is 1.26 bits per heavy atom. The average Bonchev–Trinajstić information content (AvgIpc) is 2.79. The smallest absolute Gasteiger partial charge is 0.414 e. The van der Waals surface area contributed by atoms with E-state index in [9.17, 15) is 9.59 Å². The SMILES string of the molecule is O=C(O)C(=O)O.O=C(OCl)C(Cl)=CC1([SiH3])CCCCO1.O=C(OCl)C(Cl)=CC1([SiH3])CCCCO1. The number of carboxylic acid groups (broad SMARTS) is 2. The highest BCUT2D eigenvalue weighted by Gasteiger charge is 2.28. The van der Waals surface area contributed by atoms with Crippen LogP contribution in [0, 0.1) is 0 Å². The number of rotatable bonds is 4. The second-order valence-electron chi connectivity index (χ2n) is 7.56. The molecule has 34 heavy (non-hydrogen) atoms. The Morgan fingerprint density at radius 1 is 0.735 bits per heavy atom. The number of ether oxygens (including phenoxy) is 2. The lowest BCUT2D eigenvalue weighted by Gasteiger charge is -2.31. The van der Waals surface area contributed by atoms with Crippen molar-refractivity contribution in [3.63, 3.8) is 0 Å². The van der Waals surface area contributed by atoms with Crippen LogP contribution in [0.15, 0.2) is 22.2 Å². The Labute approximate surface area is 222 Å². The van der Waals surface area contributed by atoms with Gasteiger partial charge in [-0.1, -0.05) is 23.2 Å². The van der Waals surface area contributed by atoms with E-state index in [-0.39, 0.29) is 20.5 Å². The molecule has 2 rings (SSSR count). The fraction of sp³-hybridized carbons (Fsp3) is 0.556. The first-order valence-corrected chi connectivity index (χ1v) is 13.3. The summed E-state index contributed by atoms with van der Waals surface area (Å²) in [6.07, 6.45) is 9.37. The third-order valence-electron chi connectivity index (χ3n) is 4.58. The van der Waals surface area contributed by atoms with Crippen molar-refractivity contribution in [3.05, 3.63) is 22.2 Å². The Kier molecular flexibility index (Phi) is 16.0. The summed E-state index contributed by atoms with van der Waals surface area (Å²) < 4.78 is 19.1. The highest BCUT2D eigenvalue weighted by atomic mass is 35.5. The van der Waals surface area contributed by atoms with Gasteiger partial charge in [0, 0.05) is 33.7 Å². The van der Waals surface area contributed by atoms with Crippen molar-refractivity contribution >= 4 is 91.3 Å². The van der Waals surface area contributed by atoms with Crippen LogP contribution in [0.5, 0.6) is 0 Å². The van der Waals surface area contributed by atoms with Crippen molar-refractivity contribution in [2.45, 2.75) is 49.0 Å². The average molecular weight is 600 g/mol. The third-order valence-corrected chi connectivity index (χ3v) is 7.54. The molecule has 2 unspecified atom stereocenters. The fourth-order valence-corrected chi connectivity index (χ4v) is 5.71. The first-order chi connectivity index (χ1) is 15.8. The summed E-state index contributed by atoms with van der Waals surface area (Å²) in [4.78, 5) is 40.1. The molecule has 0 amide bonds. The van der Waals surface area contributed by atoms with Crippen LogP contribution >= 0.6 is 46.9 Å². The first-order valence-electron chi connectivity index (χ1n) is 9.96. The van der Waals surface area contributed by atoms with Gasteiger partial charge in [-0.2, -0.15) is 0 Å². The zero-order valence-corrected chi connectivity index (χ0v) is 25.5. The van der Waals surface area contributed by atoms with E-state index in [2.05, 4.69) is 8.58 Å². The topological polar surface area (TPSA) is 146 Å². The van der Waals surface area contributed by atoms with Crippen LogP contribution in [-0.4, -0.2) is 78.2 Å². The molecular formula is C18H26Cl4O10Si2. The zero-order chi connectivity index (χ0) is 26.4. The molecule has 2 fully saturated rings. The van der Waals surface area contributed by atoms with Gasteiger partial charge in [0.25, 0.3) is 0 Å². The maximum atomic E-state index is 10.9. The normalized spacial score (nSPS) is 25.1. The second-order valence-corrected chi connectivity index (χ2v) is 12.1. The van der Waals surface area contributed by atoms with Crippen molar-refractivity contribution in [1.29, 1.82) is 0 Å². The third kappa shape index (κ3) is 13.7. The minimum atomic E-state index is -1.82. The molecule has 2 heterocycles. The molecule has 0 aromatic carbocycles. The van der Waals surface area contributed by atoms with E-state index < -0.39 is 23.9 Å². The van der Waals surface area contributed by atoms with E-state index in [4.69, 9.17) is 76.2 Å². The molecule has 0 saturated carbocycles. The van der Waals surface area contributed by atoms with Crippen LogP contribution in [0.1, 0.15) is 38.5 Å². The standard InChI is InChI=1S/2C8H12Cl2O3Si.C2H2O4/c2*9-6(7(11)13-10)5-8(14)3-1-2-4-12-8;3-1(4)2(5)6/h2*5H,1-4H2,14H3;(H,3,4)(H,5,6). The van der Waals surface area contributed by atoms with Crippen LogP contribution in [0.2, 0.25) is 0 Å². The van der Waals surface area contributed by atoms with Gasteiger partial charge in [0.2, 0.25) is 0 Å². The molecule has 2 aliphatic heterocycles. The summed E-state index contributed by atoms with van der Waals surface area (Å²) in [7, 11) is 1.58. The molecule has 2 aliphatic rings. The number of carbonyl (C=O) groups excluding carboxylic acids is 2. The van der Waals surface area contributed by atoms with E-state index in [0.717, 1.165) is 72.2 Å². The number of aliphatic carboxylic acids is 2. The lowest BCUT2D eigenvalue weighted by molar-refractivity contribution is -0.159. The summed E-state index contributed by atoms with van der Waals surface area (Å²) in [5.41, 5.74) is 0. The number of hydrogen-bond acceptors (Lipinski definition) is 8. The Hall–Kier alpha value is -1.13. The van der Waals surface area contributed by atoms with Crippen LogP contribution in [-0.2, 0) is 37.2 Å². The molecule has 0 bridgehead atoms. The number of hydrogen-bond donors (Lipinski definition) is 2. The summed E-state index contributed by atoms with van der Waals surface area (Å²) in [6, 6.07) is 0. The van der Waals surface area contributed by atoms with Gasteiger partial charge in [-0.3, -0.25) is 0 Å². The van der Waals surface area contributed by atoms with Gasteiger partial charge in [-0.25, -0.2) is 19.2 Å². The molecular weight excluding hydrogens is 574 g/mol. The summed E-state index contributed by atoms with van der Waals surface area (Å²) in [5, 5.41) is 14.1. The second kappa shape index (κ2) is 16.5. The molecule has 0 spiro atoms. The predicted octanol–water partition coefficient (Wildman–Crippen LogP) is 1.29. The minimum absolute atomic E-state index is 0.00287. The molecule has 194 valence electrons. The van der Waals surface area contributed by atoms with E-state index in [1.54, 1.807) is 12.2 Å². The highest BCUT2D eigenvalue weighted by Crippen LogP contribution is 2.26. The van der Waals surface area contributed by atoms with E-state index in [0.29, 0.717) is 0 Å². The van der Waals surface area contributed by atoms with Crippen LogP contribution in [0.3, 0.4) is 0 Å². The van der Waals surface area contributed by atoms with Crippen molar-refractivity contribution < 1.29 is 47.4 Å². The van der Waals surface area contributed by atoms with Gasteiger partial charge in [0.15, 0.2) is 0 Å². The Balaban J connectivity index is 0.000000521. The van der Waals surface area contributed by atoms with Gasteiger partial charge in [0.05, 0.1) is 10.4 Å². The molecule has 2 atom stereocenters. The first kappa shape index (κ1) is 32.9. The molecule has 2 saturated heterocycles. The number of halogens is 4. The van der Waals surface area contributed by atoms with Crippen molar-refractivity contribution in [2.75, 3.05) is 13.2 Å². The molecule has 2 N–H and O–H groups in total. The number of carboxylic acids is 2. The van der Waals surface area contributed by atoms with Crippen LogP contribution < -0.4 is 0 Å². The molecule has 0 aromatic heterocycles. The highest BCUT2D eigenvalue weighted by molar-refractivity contribution is 6.43. The minimum Gasteiger partial charge on any atom is -0.473 e. The van der Waals surface area contributed by atoms with Gasteiger partial charge in [-0.05, 0) is 50.7 Å². The van der Waals surface area contributed by atoms with Gasteiger partial charge in [-0.15, -0.1) is 0 Å². The largest absolute Gasteiger partial charge is 0.473 e. The van der Waals surface area contributed by atoms with Gasteiger partial charge >= 0.3 is 23.9 Å². The monoisotopic (exact) mass is 598 g/mol. The Morgan fingerprint density at radius 2 is 1.06 bits per heavy atom. The zero-order valence-electron chi connectivity index (χ0n) is 18.5. The maximum absolute atomic E-state index is 10.9. The summed E-state index contributed by atoms with van der Waals surface area (Å²) >= 11 is 21.2. The summed E-state index contributed by atoms with van der Waals surface area (Å²) in [6.45, 7) is 1.44. The number of carbonyl (C=O) groups is 4. The van der Waals surface area contributed by atoms with Crippen LogP contribution in [0.4, 0.5) is 0 Å². The van der Waals surface area contributed by atoms with Gasteiger partial charge in [0.1, 0.15) is 33.8 Å². The lowest BCUT2D eigenvalue weighted by atomic mass is 10.1. The van der Waals surface area contributed by atoms with Gasteiger partial charge < -0.3 is 28.3 Å². The lowest BCUT2D eigenvalue weighted by Crippen LogP contribution is -2.35. The van der Waals surface area contributed by atoms with Crippen molar-refractivity contribution in [3.8, 4) is 0 Å². The van der Waals surface area contributed by atoms with Crippen molar-refractivity contribution in [2.24, 2.45) is 0 Å². The summed E-state index contributed by atoms with van der Waals surface area (Å²) in [5.74, 6) is -5.10. The molecule has 16 heteroatoms. The van der Waals surface area contributed by atoms with E-state index in [1.165, 1.54) is 0 Å². The maximum Gasteiger partial charge on any atom is 0.414 e. The van der Waals surface area contributed by atoms with Crippen LogP contribution in [0.25, 0.3) is 0 Å². The Bertz CT molecular complexity index is 715. The quantitative estimate of drug-likeness (QED) is 0.275. The predicted molar refractivity (Wildman–Crippen MR) is 132 cm³/mol.